The summed E-state index contributed by atoms with van der Waals surface area (Å²) >= 11 is 1.48. The summed E-state index contributed by atoms with van der Waals surface area (Å²) in [6.45, 7) is 11.5. The van der Waals surface area contributed by atoms with E-state index < -0.39 is 0 Å². The van der Waals surface area contributed by atoms with Crippen molar-refractivity contribution in [1.82, 2.24) is 29.7 Å². The lowest BCUT2D eigenvalue weighted by atomic mass is 10.2. The molecule has 35 heavy (non-hydrogen) atoms. The van der Waals surface area contributed by atoms with Gasteiger partial charge in [-0.05, 0) is 38.5 Å². The third-order valence-electron chi connectivity index (χ3n) is 6.07. The van der Waals surface area contributed by atoms with Gasteiger partial charge in [-0.2, -0.15) is 4.98 Å². The van der Waals surface area contributed by atoms with Crippen molar-refractivity contribution in [3.63, 3.8) is 0 Å². The van der Waals surface area contributed by atoms with E-state index in [4.69, 9.17) is 14.7 Å². The van der Waals surface area contributed by atoms with Gasteiger partial charge >= 0.3 is 0 Å². The summed E-state index contributed by atoms with van der Waals surface area (Å²) in [7, 11) is 0. The molecule has 0 aliphatic carbocycles. The van der Waals surface area contributed by atoms with Gasteiger partial charge in [0.1, 0.15) is 16.2 Å². The molecule has 184 valence electrons. The first kappa shape index (κ1) is 23.6. The fraction of sp³-hybridized carbons (Fsp3) is 0.458. The molecule has 0 unspecified atom stereocenters. The highest BCUT2D eigenvalue weighted by atomic mass is 32.1. The van der Waals surface area contributed by atoms with Gasteiger partial charge in [0.15, 0.2) is 5.13 Å². The fourth-order valence-electron chi connectivity index (χ4n) is 4.67. The predicted octanol–water partition coefficient (Wildman–Crippen LogP) is 3.03. The van der Waals surface area contributed by atoms with Crippen molar-refractivity contribution in [2.75, 3.05) is 36.8 Å². The molecule has 2 saturated heterocycles. The van der Waals surface area contributed by atoms with Gasteiger partial charge in [0.05, 0.1) is 17.9 Å². The predicted molar refractivity (Wildman–Crippen MR) is 137 cm³/mol. The van der Waals surface area contributed by atoms with Gasteiger partial charge in [0.25, 0.3) is 0 Å². The molecule has 2 aliphatic heterocycles. The van der Waals surface area contributed by atoms with Crippen molar-refractivity contribution in [3.05, 3.63) is 42.7 Å². The molecule has 0 radical (unpaired) electrons. The van der Waals surface area contributed by atoms with Crippen molar-refractivity contribution in [3.8, 4) is 0 Å². The Bertz CT molecular complexity index is 1170. The summed E-state index contributed by atoms with van der Waals surface area (Å²) < 4.78 is 5.89. The van der Waals surface area contributed by atoms with Crippen molar-refractivity contribution < 1.29 is 9.53 Å². The van der Waals surface area contributed by atoms with Gasteiger partial charge < -0.3 is 20.3 Å². The monoisotopic (exact) mass is 494 g/mol. The maximum atomic E-state index is 12.0. The van der Waals surface area contributed by atoms with E-state index in [0.717, 1.165) is 40.7 Å². The standard InChI is InChI=1S/C24H30N8O2S/c1-4-21(33)32-9-7-17(14-32)26-23-27-18(13-31-11-15(2)34-16(3)12-31)10-20(29-23)30-24-28-19-6-5-8-25-22(19)35-24/h4-6,8,10,15-17H,1,7,9,11-14H2,2-3H3,(H2,26,27,28,29,30)/t15-,16+,17-/m0/s1. The number of anilines is 3. The van der Waals surface area contributed by atoms with Crippen LogP contribution >= 0.6 is 11.3 Å². The van der Waals surface area contributed by atoms with Crippen molar-refractivity contribution in [1.29, 1.82) is 0 Å². The highest BCUT2D eigenvalue weighted by Crippen LogP contribution is 2.27. The fourth-order valence-corrected chi connectivity index (χ4v) is 5.49. The molecule has 3 aromatic rings. The molecule has 2 aliphatic rings. The molecule has 0 bridgehead atoms. The average molecular weight is 495 g/mol. The van der Waals surface area contributed by atoms with E-state index in [2.05, 4.69) is 45.9 Å². The molecule has 3 aromatic heterocycles. The molecular weight excluding hydrogens is 464 g/mol. The molecule has 5 rings (SSSR count). The molecular formula is C24H30N8O2S. The van der Waals surface area contributed by atoms with E-state index in [1.54, 1.807) is 11.1 Å². The Morgan fingerprint density at radius 1 is 1.26 bits per heavy atom. The highest BCUT2D eigenvalue weighted by Gasteiger charge is 2.26. The number of morpholine rings is 1. The second-order valence-electron chi connectivity index (χ2n) is 9.11. The topological polar surface area (TPSA) is 108 Å². The molecule has 2 N–H and O–H groups in total. The van der Waals surface area contributed by atoms with E-state index in [1.807, 2.05) is 18.2 Å². The van der Waals surface area contributed by atoms with Crippen LogP contribution in [0.3, 0.4) is 0 Å². The smallest absolute Gasteiger partial charge is 0.246 e. The summed E-state index contributed by atoms with van der Waals surface area (Å²) in [6, 6.07) is 5.87. The van der Waals surface area contributed by atoms with Gasteiger partial charge in [-0.15, -0.1) is 0 Å². The number of carbonyl (C=O) groups is 1. The quantitative estimate of drug-likeness (QED) is 0.479. The number of nitrogens with one attached hydrogen (secondary N) is 2. The molecule has 2 fully saturated rings. The summed E-state index contributed by atoms with van der Waals surface area (Å²) in [5, 5.41) is 7.51. The van der Waals surface area contributed by atoms with Crippen LogP contribution in [0.25, 0.3) is 10.3 Å². The molecule has 1 amide bonds. The first-order valence-electron chi connectivity index (χ1n) is 11.9. The minimum atomic E-state index is -0.0497. The average Bonchev–Trinajstić information content (AvgIpc) is 3.44. The third-order valence-corrected chi connectivity index (χ3v) is 6.96. The zero-order valence-corrected chi connectivity index (χ0v) is 20.8. The van der Waals surface area contributed by atoms with Gasteiger partial charge in [0, 0.05) is 51.0 Å². The van der Waals surface area contributed by atoms with Crippen LogP contribution < -0.4 is 10.6 Å². The van der Waals surface area contributed by atoms with Crippen molar-refractivity contribution in [2.45, 2.75) is 45.1 Å². The number of rotatable bonds is 7. The van der Waals surface area contributed by atoms with Gasteiger partial charge in [-0.3, -0.25) is 9.69 Å². The second kappa shape index (κ2) is 10.2. The Hall–Kier alpha value is -3.15. The number of thiazole rings is 1. The normalized spacial score (nSPS) is 22.9. The Morgan fingerprint density at radius 2 is 2.09 bits per heavy atom. The minimum Gasteiger partial charge on any atom is -0.373 e. The molecule has 0 saturated carbocycles. The Kier molecular flexibility index (Phi) is 6.89. The maximum Gasteiger partial charge on any atom is 0.246 e. The van der Waals surface area contributed by atoms with Crippen LogP contribution in [0.5, 0.6) is 0 Å². The zero-order chi connectivity index (χ0) is 24.4. The van der Waals surface area contributed by atoms with E-state index >= 15 is 0 Å². The van der Waals surface area contributed by atoms with Crippen LogP contribution in [-0.4, -0.2) is 80.1 Å². The second-order valence-corrected chi connectivity index (χ2v) is 10.1. The lowest BCUT2D eigenvalue weighted by Gasteiger charge is -2.35. The van der Waals surface area contributed by atoms with Crippen LogP contribution in [0, 0.1) is 0 Å². The number of fused-ring (bicyclic) bond motifs is 1. The third kappa shape index (κ3) is 5.75. The number of hydrogen-bond acceptors (Lipinski definition) is 10. The van der Waals surface area contributed by atoms with Crippen LogP contribution in [0.15, 0.2) is 37.1 Å². The molecule has 5 heterocycles. The SMILES string of the molecule is C=CC(=O)N1CC[C@H](Nc2nc(CN3C[C@@H](C)O[C@@H](C)C3)cc(Nc3nc4cccnc4s3)n2)C1. The number of ether oxygens (including phenoxy) is 1. The molecule has 3 atom stereocenters. The molecule has 11 heteroatoms. The van der Waals surface area contributed by atoms with Crippen LogP contribution in [0.4, 0.5) is 16.9 Å². The molecule has 10 nitrogen and oxygen atoms in total. The maximum absolute atomic E-state index is 12.0. The van der Waals surface area contributed by atoms with E-state index in [0.29, 0.717) is 31.4 Å². The molecule has 0 aromatic carbocycles. The first-order chi connectivity index (χ1) is 16.9. The number of hydrogen-bond donors (Lipinski definition) is 2. The molecule has 0 spiro atoms. The number of pyridine rings is 1. The lowest BCUT2D eigenvalue weighted by Crippen LogP contribution is -2.45. The lowest BCUT2D eigenvalue weighted by molar-refractivity contribution is -0.125. The minimum absolute atomic E-state index is 0.0497. The van der Waals surface area contributed by atoms with E-state index in [9.17, 15) is 4.79 Å². The number of carbonyl (C=O) groups excluding carboxylic acids is 1. The van der Waals surface area contributed by atoms with Crippen LogP contribution in [-0.2, 0) is 16.1 Å². The van der Waals surface area contributed by atoms with Gasteiger partial charge in [-0.1, -0.05) is 17.9 Å². The van der Waals surface area contributed by atoms with E-state index in [-0.39, 0.29) is 24.2 Å². The van der Waals surface area contributed by atoms with Crippen LogP contribution in [0.1, 0.15) is 26.0 Å². The Balaban J connectivity index is 1.37. The first-order valence-corrected chi connectivity index (χ1v) is 12.7. The van der Waals surface area contributed by atoms with Crippen molar-refractivity contribution in [2.24, 2.45) is 0 Å². The van der Waals surface area contributed by atoms with Crippen LogP contribution in [0.2, 0.25) is 0 Å². The largest absolute Gasteiger partial charge is 0.373 e. The summed E-state index contributed by atoms with van der Waals surface area (Å²) in [5.74, 6) is 1.16. The number of aromatic nitrogens is 4. The number of nitrogens with zero attached hydrogens (tertiary/aromatic N) is 6. The van der Waals surface area contributed by atoms with Crippen molar-refractivity contribution >= 4 is 44.5 Å². The number of amides is 1. The summed E-state index contributed by atoms with van der Waals surface area (Å²) in [5.41, 5.74) is 1.75. The summed E-state index contributed by atoms with van der Waals surface area (Å²) in [6.07, 6.45) is 4.31. The van der Waals surface area contributed by atoms with E-state index in [1.165, 1.54) is 17.4 Å². The number of likely N-dealkylation sites (tertiary alicyclic amines) is 1. The van der Waals surface area contributed by atoms with Gasteiger partial charge in [0.2, 0.25) is 11.9 Å². The Labute approximate surface area is 208 Å². The van der Waals surface area contributed by atoms with Gasteiger partial charge in [-0.25, -0.2) is 15.0 Å². The Morgan fingerprint density at radius 3 is 2.86 bits per heavy atom. The zero-order valence-electron chi connectivity index (χ0n) is 20.0. The highest BCUT2D eigenvalue weighted by molar-refractivity contribution is 7.21. The summed E-state index contributed by atoms with van der Waals surface area (Å²) in [4.78, 5) is 35.6.